The van der Waals surface area contributed by atoms with Gasteiger partial charge >= 0.3 is 0 Å². The summed E-state index contributed by atoms with van der Waals surface area (Å²) in [5, 5.41) is 2.51. The van der Waals surface area contributed by atoms with Gasteiger partial charge in [-0.3, -0.25) is 0 Å². The van der Waals surface area contributed by atoms with Crippen LogP contribution in [0.5, 0.6) is 0 Å². The first kappa shape index (κ1) is 12.0. The first-order valence-corrected chi connectivity index (χ1v) is 6.83. The molecular weight excluding hydrogens is 228 g/mol. The maximum absolute atomic E-state index is 3.30. The van der Waals surface area contributed by atoms with Crippen molar-refractivity contribution in [2.75, 3.05) is 0 Å². The molecule has 0 atom stereocenters. The highest BCUT2D eigenvalue weighted by atomic mass is 14.1. The molecule has 0 saturated heterocycles. The first-order valence-electron chi connectivity index (χ1n) is 6.83. The Balaban J connectivity index is 1.96. The van der Waals surface area contributed by atoms with E-state index in [2.05, 4.69) is 67.6 Å². The molecule has 1 radical (unpaired) electrons. The lowest BCUT2D eigenvalue weighted by molar-refractivity contribution is 1.12. The third kappa shape index (κ3) is 2.53. The van der Waals surface area contributed by atoms with E-state index in [1.54, 1.807) is 0 Å². The minimum absolute atomic E-state index is 0.985. The van der Waals surface area contributed by atoms with Crippen molar-refractivity contribution in [1.82, 2.24) is 0 Å². The van der Waals surface area contributed by atoms with Gasteiger partial charge in [0.2, 0.25) is 0 Å². The van der Waals surface area contributed by atoms with Crippen molar-refractivity contribution < 1.29 is 0 Å². The average Bonchev–Trinajstić information content (AvgIpc) is 2.48. The number of benzene rings is 3. The summed E-state index contributed by atoms with van der Waals surface area (Å²) in [6, 6.07) is 24.9. The number of rotatable bonds is 3. The Morgan fingerprint density at radius 1 is 0.842 bits per heavy atom. The van der Waals surface area contributed by atoms with Crippen LogP contribution in [0.2, 0.25) is 0 Å². The van der Waals surface area contributed by atoms with Crippen LogP contribution < -0.4 is 0 Å². The summed E-state index contributed by atoms with van der Waals surface area (Å²) in [4.78, 5) is 0. The third-order valence-corrected chi connectivity index (χ3v) is 3.62. The average molecular weight is 245 g/mol. The van der Waals surface area contributed by atoms with Gasteiger partial charge in [-0.2, -0.15) is 0 Å². The smallest absolute Gasteiger partial charge is 0.00196 e. The van der Waals surface area contributed by atoms with Gasteiger partial charge < -0.3 is 0 Å². The van der Waals surface area contributed by atoms with Crippen LogP contribution in [0.3, 0.4) is 0 Å². The van der Waals surface area contributed by atoms with Crippen molar-refractivity contribution in [2.45, 2.75) is 19.8 Å². The molecule has 19 heavy (non-hydrogen) atoms. The number of aryl methyl sites for hydroxylation is 1. The highest BCUT2D eigenvalue weighted by molar-refractivity contribution is 5.85. The van der Waals surface area contributed by atoms with Gasteiger partial charge in [-0.05, 0) is 46.4 Å². The Bertz CT molecular complexity index is 672. The molecule has 3 aromatic carbocycles. The summed E-state index contributed by atoms with van der Waals surface area (Å²) < 4.78 is 0. The highest BCUT2D eigenvalue weighted by Gasteiger charge is 2.02. The quantitative estimate of drug-likeness (QED) is 0.622. The summed E-state index contributed by atoms with van der Waals surface area (Å²) in [7, 11) is 0. The van der Waals surface area contributed by atoms with E-state index in [-0.39, 0.29) is 0 Å². The largest absolute Gasteiger partial charge is 0.0613 e. The van der Waals surface area contributed by atoms with Crippen LogP contribution >= 0.6 is 0 Å². The summed E-state index contributed by atoms with van der Waals surface area (Å²) >= 11 is 0. The molecular formula is C19H17. The Kier molecular flexibility index (Phi) is 3.33. The molecule has 0 aromatic heterocycles. The van der Waals surface area contributed by atoms with Crippen molar-refractivity contribution >= 4 is 10.8 Å². The lowest BCUT2D eigenvalue weighted by Crippen LogP contribution is -1.90. The molecule has 0 N–H and O–H groups in total. The molecule has 3 rings (SSSR count). The molecule has 0 heteroatoms. The Hall–Kier alpha value is -2.08. The predicted molar refractivity (Wildman–Crippen MR) is 81.4 cm³/mol. The van der Waals surface area contributed by atoms with Gasteiger partial charge in [0, 0.05) is 0 Å². The molecule has 0 aliphatic carbocycles. The van der Waals surface area contributed by atoms with Gasteiger partial charge in [0.15, 0.2) is 0 Å². The first-order chi connectivity index (χ1) is 9.36. The van der Waals surface area contributed by atoms with Gasteiger partial charge in [0.25, 0.3) is 0 Å². The SMILES string of the molecule is CCc1ccc(Cc2cccc3[c]cccc23)cc1. The maximum atomic E-state index is 3.30. The predicted octanol–water partition coefficient (Wildman–Crippen LogP) is 4.79. The van der Waals surface area contributed by atoms with E-state index in [1.165, 1.54) is 27.5 Å². The van der Waals surface area contributed by atoms with Crippen LogP contribution in [0.15, 0.2) is 60.7 Å². The zero-order valence-electron chi connectivity index (χ0n) is 11.2. The molecule has 0 amide bonds. The van der Waals surface area contributed by atoms with Crippen LogP contribution in [0.4, 0.5) is 0 Å². The van der Waals surface area contributed by atoms with E-state index in [0.29, 0.717) is 0 Å². The molecule has 0 heterocycles. The molecule has 93 valence electrons. The summed E-state index contributed by atoms with van der Waals surface area (Å²) in [5.74, 6) is 0. The molecule has 0 unspecified atom stereocenters. The van der Waals surface area contributed by atoms with Crippen LogP contribution in [0, 0.1) is 6.07 Å². The summed E-state index contributed by atoms with van der Waals surface area (Å²) in [6.07, 6.45) is 2.09. The third-order valence-electron chi connectivity index (χ3n) is 3.62. The van der Waals surface area contributed by atoms with Crippen molar-refractivity contribution in [3.8, 4) is 0 Å². The van der Waals surface area contributed by atoms with Crippen molar-refractivity contribution in [1.29, 1.82) is 0 Å². The zero-order chi connectivity index (χ0) is 13.1. The maximum Gasteiger partial charge on any atom is -0.00196 e. The number of fused-ring (bicyclic) bond motifs is 1. The van der Waals surface area contributed by atoms with Gasteiger partial charge in [0.05, 0.1) is 0 Å². The molecule has 0 nitrogen and oxygen atoms in total. The molecule has 3 aromatic rings. The van der Waals surface area contributed by atoms with E-state index < -0.39 is 0 Å². The molecule has 0 spiro atoms. The normalized spacial score (nSPS) is 10.8. The summed E-state index contributed by atoms with van der Waals surface area (Å²) in [6.45, 7) is 2.19. The fourth-order valence-electron chi connectivity index (χ4n) is 2.48. The molecule has 0 bridgehead atoms. The van der Waals surface area contributed by atoms with Crippen molar-refractivity contribution in [2.24, 2.45) is 0 Å². The molecule has 0 saturated carbocycles. The highest BCUT2D eigenvalue weighted by Crippen LogP contribution is 2.21. The molecule has 0 aliphatic rings. The van der Waals surface area contributed by atoms with E-state index in [9.17, 15) is 0 Å². The fourth-order valence-corrected chi connectivity index (χ4v) is 2.48. The van der Waals surface area contributed by atoms with Gasteiger partial charge in [-0.1, -0.05) is 67.6 Å². The topological polar surface area (TPSA) is 0 Å². The van der Waals surface area contributed by atoms with E-state index >= 15 is 0 Å². The van der Waals surface area contributed by atoms with E-state index in [0.717, 1.165) is 12.8 Å². The molecule has 0 aliphatic heterocycles. The second kappa shape index (κ2) is 5.27. The minimum atomic E-state index is 0.985. The Labute approximate surface area is 114 Å². The van der Waals surface area contributed by atoms with Gasteiger partial charge in [-0.15, -0.1) is 0 Å². The monoisotopic (exact) mass is 245 g/mol. The van der Waals surface area contributed by atoms with Crippen LogP contribution in [-0.4, -0.2) is 0 Å². The lowest BCUT2D eigenvalue weighted by Gasteiger charge is -2.07. The summed E-state index contributed by atoms with van der Waals surface area (Å²) in [5.41, 5.74) is 4.14. The number of hydrogen-bond donors (Lipinski definition) is 0. The lowest BCUT2D eigenvalue weighted by atomic mass is 9.98. The standard InChI is InChI=1S/C19H17/c1-2-15-10-12-16(13-11-15)14-18-8-5-7-17-6-3-4-9-19(17)18/h3-5,7-13H,2,14H2,1H3. The van der Waals surface area contributed by atoms with Gasteiger partial charge in [-0.25, -0.2) is 0 Å². The van der Waals surface area contributed by atoms with Gasteiger partial charge in [0.1, 0.15) is 0 Å². The second-order valence-corrected chi connectivity index (χ2v) is 4.90. The van der Waals surface area contributed by atoms with E-state index in [1.807, 2.05) is 6.07 Å². The minimum Gasteiger partial charge on any atom is -0.0613 e. The van der Waals surface area contributed by atoms with Crippen molar-refractivity contribution in [3.63, 3.8) is 0 Å². The Morgan fingerprint density at radius 3 is 2.42 bits per heavy atom. The van der Waals surface area contributed by atoms with Crippen LogP contribution in [-0.2, 0) is 12.8 Å². The fraction of sp³-hybridized carbons (Fsp3) is 0.158. The van der Waals surface area contributed by atoms with Crippen LogP contribution in [0.1, 0.15) is 23.6 Å². The zero-order valence-corrected chi connectivity index (χ0v) is 11.2. The van der Waals surface area contributed by atoms with E-state index in [4.69, 9.17) is 0 Å². The van der Waals surface area contributed by atoms with Crippen LogP contribution in [0.25, 0.3) is 10.8 Å². The second-order valence-electron chi connectivity index (χ2n) is 4.90. The van der Waals surface area contributed by atoms with Crippen molar-refractivity contribution in [3.05, 3.63) is 83.4 Å². The molecule has 0 fully saturated rings. The number of hydrogen-bond acceptors (Lipinski definition) is 0. The Morgan fingerprint density at radius 2 is 1.63 bits per heavy atom.